The highest BCUT2D eigenvalue weighted by Gasteiger charge is 2.18. The van der Waals surface area contributed by atoms with Crippen LogP contribution in [0.4, 0.5) is 0 Å². The summed E-state index contributed by atoms with van der Waals surface area (Å²) in [6.45, 7) is 10.5. The largest absolute Gasteiger partial charge is 0.496 e. The van der Waals surface area contributed by atoms with Gasteiger partial charge in [-0.3, -0.25) is 0 Å². The zero-order chi connectivity index (χ0) is 15.8. The van der Waals surface area contributed by atoms with Gasteiger partial charge in [0.1, 0.15) is 16.2 Å². The SMILES string of the molecule is COc1cc(C)c(-c2cc(=S)nc(C(C)(C)C)[nH]2)cc1C. The van der Waals surface area contributed by atoms with Crippen molar-refractivity contribution in [2.24, 2.45) is 0 Å². The van der Waals surface area contributed by atoms with E-state index in [2.05, 4.69) is 49.8 Å². The minimum atomic E-state index is -0.0704. The molecule has 1 N–H and O–H groups in total. The molecule has 0 aliphatic heterocycles. The van der Waals surface area contributed by atoms with E-state index in [0.717, 1.165) is 34.0 Å². The second kappa shape index (κ2) is 5.60. The van der Waals surface area contributed by atoms with Gasteiger partial charge in [0.25, 0.3) is 0 Å². The molecular weight excluding hydrogens is 280 g/mol. The lowest BCUT2D eigenvalue weighted by atomic mass is 9.95. The maximum absolute atomic E-state index is 5.38. The van der Waals surface area contributed by atoms with Crippen LogP contribution in [0.15, 0.2) is 18.2 Å². The monoisotopic (exact) mass is 302 g/mol. The van der Waals surface area contributed by atoms with E-state index in [0.29, 0.717) is 4.64 Å². The third-order valence-electron chi connectivity index (χ3n) is 3.49. The van der Waals surface area contributed by atoms with E-state index in [-0.39, 0.29) is 5.41 Å². The van der Waals surface area contributed by atoms with E-state index in [9.17, 15) is 0 Å². The van der Waals surface area contributed by atoms with Crippen molar-refractivity contribution in [1.29, 1.82) is 0 Å². The van der Waals surface area contributed by atoms with Crippen molar-refractivity contribution in [3.63, 3.8) is 0 Å². The molecule has 0 amide bonds. The number of methoxy groups -OCH3 is 1. The summed E-state index contributed by atoms with van der Waals surface area (Å²) >= 11 is 5.32. The number of H-pyrrole nitrogens is 1. The summed E-state index contributed by atoms with van der Waals surface area (Å²) in [4.78, 5) is 7.88. The second-order valence-electron chi connectivity index (χ2n) is 6.37. The van der Waals surface area contributed by atoms with Gasteiger partial charge in [-0.25, -0.2) is 4.98 Å². The molecule has 0 unspecified atom stereocenters. The van der Waals surface area contributed by atoms with Crippen LogP contribution >= 0.6 is 12.2 Å². The summed E-state index contributed by atoms with van der Waals surface area (Å²) in [6.07, 6.45) is 0. The Morgan fingerprint density at radius 1 is 1.10 bits per heavy atom. The van der Waals surface area contributed by atoms with Gasteiger partial charge in [0.15, 0.2) is 0 Å². The normalized spacial score (nSPS) is 11.5. The van der Waals surface area contributed by atoms with Gasteiger partial charge in [-0.1, -0.05) is 33.0 Å². The van der Waals surface area contributed by atoms with Crippen LogP contribution in [0.2, 0.25) is 0 Å². The fraction of sp³-hybridized carbons (Fsp3) is 0.412. The Morgan fingerprint density at radius 2 is 1.76 bits per heavy atom. The Bertz CT molecular complexity index is 727. The lowest BCUT2D eigenvalue weighted by Gasteiger charge is -2.19. The number of aromatic nitrogens is 2. The molecule has 2 aromatic rings. The van der Waals surface area contributed by atoms with Crippen molar-refractivity contribution in [3.8, 4) is 17.0 Å². The molecule has 1 aromatic carbocycles. The molecule has 0 radical (unpaired) electrons. The predicted molar refractivity (Wildman–Crippen MR) is 89.6 cm³/mol. The summed E-state index contributed by atoms with van der Waals surface area (Å²) in [7, 11) is 1.69. The van der Waals surface area contributed by atoms with Crippen LogP contribution in [0.1, 0.15) is 37.7 Å². The number of hydrogen-bond acceptors (Lipinski definition) is 3. The molecule has 3 nitrogen and oxygen atoms in total. The minimum absolute atomic E-state index is 0.0704. The van der Waals surface area contributed by atoms with Crippen molar-refractivity contribution in [2.45, 2.75) is 40.0 Å². The molecule has 21 heavy (non-hydrogen) atoms. The van der Waals surface area contributed by atoms with Crippen LogP contribution in [0.25, 0.3) is 11.3 Å². The first-order valence-electron chi connectivity index (χ1n) is 7.00. The van der Waals surface area contributed by atoms with Gasteiger partial charge in [0, 0.05) is 16.7 Å². The standard InChI is InChI=1S/C17H22N2OS/c1-10-8-14(20-6)11(2)7-12(10)13-9-15(21)19-16(18-13)17(3,4)5/h7-9H,1-6H3,(H,18,19,21). The Kier molecular flexibility index (Phi) is 4.19. The smallest absolute Gasteiger partial charge is 0.130 e. The third kappa shape index (κ3) is 3.32. The van der Waals surface area contributed by atoms with Gasteiger partial charge in [-0.05, 0) is 43.2 Å². The van der Waals surface area contributed by atoms with E-state index >= 15 is 0 Å². The molecule has 0 saturated heterocycles. The van der Waals surface area contributed by atoms with E-state index in [1.54, 1.807) is 7.11 Å². The van der Waals surface area contributed by atoms with Gasteiger partial charge in [0.05, 0.1) is 7.11 Å². The van der Waals surface area contributed by atoms with Crippen molar-refractivity contribution < 1.29 is 4.74 Å². The van der Waals surface area contributed by atoms with Crippen LogP contribution < -0.4 is 4.74 Å². The van der Waals surface area contributed by atoms with Crippen molar-refractivity contribution in [2.75, 3.05) is 7.11 Å². The Balaban J connectivity index is 2.65. The molecule has 0 bridgehead atoms. The zero-order valence-corrected chi connectivity index (χ0v) is 14.3. The fourth-order valence-electron chi connectivity index (χ4n) is 2.26. The van der Waals surface area contributed by atoms with Gasteiger partial charge in [0.2, 0.25) is 0 Å². The molecule has 0 atom stereocenters. The number of hydrogen-bond donors (Lipinski definition) is 1. The molecule has 0 aliphatic carbocycles. The molecule has 4 heteroatoms. The summed E-state index contributed by atoms with van der Waals surface area (Å²) in [5.41, 5.74) is 4.31. The summed E-state index contributed by atoms with van der Waals surface area (Å²) in [5.74, 6) is 1.80. The summed E-state index contributed by atoms with van der Waals surface area (Å²) in [5, 5.41) is 0. The number of aromatic amines is 1. The molecular formula is C17H22N2OS. The predicted octanol–water partition coefficient (Wildman–Crippen LogP) is 4.73. The molecule has 112 valence electrons. The minimum Gasteiger partial charge on any atom is -0.496 e. The number of ether oxygens (including phenoxy) is 1. The van der Waals surface area contributed by atoms with Crippen LogP contribution in [-0.2, 0) is 5.41 Å². The first-order chi connectivity index (χ1) is 9.72. The average molecular weight is 302 g/mol. The first kappa shape index (κ1) is 15.7. The van der Waals surface area contributed by atoms with Crippen molar-refractivity contribution in [3.05, 3.63) is 39.8 Å². The fourth-order valence-corrected chi connectivity index (χ4v) is 2.47. The summed E-state index contributed by atoms with van der Waals surface area (Å²) < 4.78 is 5.99. The maximum Gasteiger partial charge on any atom is 0.130 e. The summed E-state index contributed by atoms with van der Waals surface area (Å²) in [6, 6.07) is 6.10. The van der Waals surface area contributed by atoms with Crippen LogP contribution in [0, 0.1) is 18.5 Å². The number of rotatable bonds is 2. The molecule has 0 spiro atoms. The zero-order valence-electron chi connectivity index (χ0n) is 13.5. The highest BCUT2D eigenvalue weighted by atomic mass is 32.1. The Morgan fingerprint density at radius 3 is 2.33 bits per heavy atom. The van der Waals surface area contributed by atoms with Crippen molar-refractivity contribution >= 4 is 12.2 Å². The van der Waals surface area contributed by atoms with Crippen LogP contribution in [0.3, 0.4) is 0 Å². The topological polar surface area (TPSA) is 37.9 Å². The van der Waals surface area contributed by atoms with Crippen LogP contribution in [0.5, 0.6) is 5.75 Å². The Labute approximate surface area is 131 Å². The average Bonchev–Trinajstić information content (AvgIpc) is 2.39. The van der Waals surface area contributed by atoms with Crippen molar-refractivity contribution in [1.82, 2.24) is 9.97 Å². The first-order valence-corrected chi connectivity index (χ1v) is 7.40. The van der Waals surface area contributed by atoms with E-state index in [4.69, 9.17) is 17.0 Å². The highest BCUT2D eigenvalue weighted by molar-refractivity contribution is 7.71. The maximum atomic E-state index is 5.38. The highest BCUT2D eigenvalue weighted by Crippen LogP contribution is 2.30. The second-order valence-corrected chi connectivity index (χ2v) is 6.79. The van der Waals surface area contributed by atoms with Gasteiger partial charge >= 0.3 is 0 Å². The molecule has 1 heterocycles. The lowest BCUT2D eigenvalue weighted by molar-refractivity contribution is 0.411. The van der Waals surface area contributed by atoms with Gasteiger partial charge < -0.3 is 9.72 Å². The van der Waals surface area contributed by atoms with E-state index in [1.165, 1.54) is 0 Å². The van der Waals surface area contributed by atoms with E-state index < -0.39 is 0 Å². The number of aryl methyl sites for hydroxylation is 2. The van der Waals surface area contributed by atoms with Crippen LogP contribution in [-0.4, -0.2) is 17.1 Å². The van der Waals surface area contributed by atoms with Gasteiger partial charge in [-0.2, -0.15) is 0 Å². The van der Waals surface area contributed by atoms with E-state index in [1.807, 2.05) is 13.0 Å². The quantitative estimate of drug-likeness (QED) is 0.815. The molecule has 0 aliphatic rings. The molecule has 0 fully saturated rings. The molecule has 0 saturated carbocycles. The molecule has 1 aromatic heterocycles. The molecule has 2 rings (SSSR count). The number of benzene rings is 1. The van der Waals surface area contributed by atoms with Gasteiger partial charge in [-0.15, -0.1) is 0 Å². The lowest BCUT2D eigenvalue weighted by Crippen LogP contribution is -2.16. The number of nitrogens with zero attached hydrogens (tertiary/aromatic N) is 1. The third-order valence-corrected chi connectivity index (χ3v) is 3.69. The number of nitrogens with one attached hydrogen (secondary N) is 1. The Hall–Kier alpha value is -1.68.